The second-order valence-electron chi connectivity index (χ2n) is 6.77. The zero-order chi connectivity index (χ0) is 19.7. The first-order valence-corrected chi connectivity index (χ1v) is 9.95. The second kappa shape index (κ2) is 11.0. The SMILES string of the molecule is O.c1cc2nc(c1)CNc1ccccc1OCCNCCOc1ccccc1NC2. The molecule has 7 nitrogen and oxygen atoms in total. The van der Waals surface area contributed by atoms with Gasteiger partial charge in [-0.3, -0.25) is 4.98 Å². The van der Waals surface area contributed by atoms with E-state index >= 15 is 0 Å². The lowest BCUT2D eigenvalue weighted by Gasteiger charge is -2.16. The average Bonchev–Trinajstić information content (AvgIpc) is 2.77. The predicted molar refractivity (Wildman–Crippen MR) is 119 cm³/mol. The predicted octanol–water partition coefficient (Wildman–Crippen LogP) is 2.84. The summed E-state index contributed by atoms with van der Waals surface area (Å²) in [4.78, 5) is 4.76. The maximum Gasteiger partial charge on any atom is 0.142 e. The van der Waals surface area contributed by atoms with Crippen LogP contribution in [0, 0.1) is 0 Å². The summed E-state index contributed by atoms with van der Waals surface area (Å²) in [6.07, 6.45) is 0. The standard InChI is InChI=1S/C23H26N4O2.H2O/c1-3-10-22-20(8-1)25-16-18-6-5-7-19(27-18)17-26-21-9-2-4-11-23(21)29-15-13-24-12-14-28-22;/h1-11,24-26H,12-17H2;1H2. The molecule has 7 heteroatoms. The lowest BCUT2D eigenvalue weighted by Crippen LogP contribution is -2.26. The van der Waals surface area contributed by atoms with Gasteiger partial charge in [-0.2, -0.15) is 0 Å². The van der Waals surface area contributed by atoms with Gasteiger partial charge in [0.1, 0.15) is 24.7 Å². The molecule has 3 aromatic rings. The van der Waals surface area contributed by atoms with Gasteiger partial charge in [-0.05, 0) is 36.4 Å². The molecule has 0 fully saturated rings. The van der Waals surface area contributed by atoms with Crippen molar-refractivity contribution < 1.29 is 14.9 Å². The van der Waals surface area contributed by atoms with Crippen LogP contribution in [0.1, 0.15) is 11.4 Å². The van der Waals surface area contributed by atoms with Gasteiger partial charge in [0.15, 0.2) is 0 Å². The van der Waals surface area contributed by atoms with E-state index in [9.17, 15) is 0 Å². The number of rotatable bonds is 0. The lowest BCUT2D eigenvalue weighted by molar-refractivity contribution is 0.290. The zero-order valence-electron chi connectivity index (χ0n) is 16.9. The molecule has 0 unspecified atom stereocenters. The van der Waals surface area contributed by atoms with Crippen molar-refractivity contribution in [3.63, 3.8) is 0 Å². The van der Waals surface area contributed by atoms with Crippen molar-refractivity contribution in [2.24, 2.45) is 0 Å². The molecule has 0 saturated heterocycles. The Morgan fingerprint density at radius 2 is 1.13 bits per heavy atom. The summed E-state index contributed by atoms with van der Waals surface area (Å²) in [6, 6.07) is 22.1. The van der Waals surface area contributed by atoms with E-state index in [2.05, 4.69) is 16.0 Å². The van der Waals surface area contributed by atoms with Crippen molar-refractivity contribution in [1.29, 1.82) is 0 Å². The van der Waals surface area contributed by atoms with Crippen LogP contribution in [0.3, 0.4) is 0 Å². The Bertz CT molecular complexity index is 865. The van der Waals surface area contributed by atoms with Gasteiger partial charge in [0.2, 0.25) is 0 Å². The number of hydrogen-bond donors (Lipinski definition) is 3. The van der Waals surface area contributed by atoms with Gasteiger partial charge in [-0.15, -0.1) is 0 Å². The molecule has 0 aliphatic carbocycles. The van der Waals surface area contributed by atoms with Crippen molar-refractivity contribution >= 4 is 11.4 Å². The largest absolute Gasteiger partial charge is 0.490 e. The van der Waals surface area contributed by atoms with E-state index in [1.807, 2.05) is 66.7 Å². The first-order valence-electron chi connectivity index (χ1n) is 9.95. The topological polar surface area (TPSA) is 98.9 Å². The number of nitrogens with one attached hydrogen (secondary N) is 3. The van der Waals surface area contributed by atoms with Crippen LogP contribution in [-0.2, 0) is 13.1 Å². The summed E-state index contributed by atoms with van der Waals surface area (Å²) < 4.78 is 11.9. The minimum Gasteiger partial charge on any atom is -0.490 e. The molecule has 30 heavy (non-hydrogen) atoms. The van der Waals surface area contributed by atoms with E-state index in [0.29, 0.717) is 26.3 Å². The molecule has 1 aromatic heterocycles. The van der Waals surface area contributed by atoms with Gasteiger partial charge >= 0.3 is 0 Å². The van der Waals surface area contributed by atoms with Gasteiger partial charge in [0.05, 0.1) is 35.9 Å². The first-order chi connectivity index (χ1) is 14.4. The second-order valence-corrected chi connectivity index (χ2v) is 6.77. The van der Waals surface area contributed by atoms with Crippen molar-refractivity contribution in [1.82, 2.24) is 10.3 Å². The molecule has 1 aliphatic rings. The maximum absolute atomic E-state index is 5.95. The molecule has 2 bridgehead atoms. The molecule has 0 spiro atoms. The van der Waals surface area contributed by atoms with E-state index in [-0.39, 0.29) is 5.48 Å². The number of benzene rings is 2. The fourth-order valence-electron chi connectivity index (χ4n) is 3.17. The molecule has 2 heterocycles. The molecule has 4 rings (SSSR count). The quantitative estimate of drug-likeness (QED) is 0.529. The van der Waals surface area contributed by atoms with Crippen molar-refractivity contribution in [2.75, 3.05) is 36.9 Å². The summed E-state index contributed by atoms with van der Waals surface area (Å²) in [7, 11) is 0. The Hall–Kier alpha value is -3.29. The lowest BCUT2D eigenvalue weighted by atomic mass is 10.2. The number of para-hydroxylation sites is 4. The van der Waals surface area contributed by atoms with Gasteiger partial charge in [-0.25, -0.2) is 0 Å². The van der Waals surface area contributed by atoms with Crippen LogP contribution in [0.2, 0.25) is 0 Å². The third-order valence-electron chi connectivity index (χ3n) is 4.63. The fraction of sp³-hybridized carbons (Fsp3) is 0.261. The van der Waals surface area contributed by atoms with Crippen LogP contribution in [0.4, 0.5) is 11.4 Å². The van der Waals surface area contributed by atoms with Crippen LogP contribution in [0.15, 0.2) is 66.7 Å². The maximum atomic E-state index is 5.95. The number of pyridine rings is 1. The Kier molecular flexibility index (Phi) is 7.88. The highest BCUT2D eigenvalue weighted by Crippen LogP contribution is 2.25. The highest BCUT2D eigenvalue weighted by molar-refractivity contribution is 5.57. The van der Waals surface area contributed by atoms with Crippen molar-refractivity contribution in [2.45, 2.75) is 13.1 Å². The fourth-order valence-corrected chi connectivity index (χ4v) is 3.17. The van der Waals surface area contributed by atoms with Crippen LogP contribution in [-0.4, -0.2) is 36.8 Å². The van der Waals surface area contributed by atoms with Crippen molar-refractivity contribution in [3.8, 4) is 11.5 Å². The van der Waals surface area contributed by atoms with E-state index in [4.69, 9.17) is 14.5 Å². The van der Waals surface area contributed by atoms with Crippen LogP contribution in [0.5, 0.6) is 11.5 Å². The molecule has 5 N–H and O–H groups in total. The Balaban J connectivity index is 0.00000256. The highest BCUT2D eigenvalue weighted by atomic mass is 16.5. The summed E-state index contributed by atoms with van der Waals surface area (Å²) in [5.74, 6) is 1.69. The van der Waals surface area contributed by atoms with Gasteiger partial charge < -0.3 is 30.9 Å². The normalized spacial score (nSPS) is 14.5. The number of aromatic nitrogens is 1. The third-order valence-corrected chi connectivity index (χ3v) is 4.63. The minimum absolute atomic E-state index is 0. The Morgan fingerprint density at radius 1 is 0.633 bits per heavy atom. The average molecular weight is 409 g/mol. The number of nitrogens with zero attached hydrogens (tertiary/aromatic N) is 1. The first kappa shape index (κ1) is 21.4. The number of fused-ring (bicyclic) bond motifs is 4. The van der Waals surface area contributed by atoms with Gasteiger partial charge in [-0.1, -0.05) is 30.3 Å². The molecule has 0 atom stereocenters. The van der Waals surface area contributed by atoms with Crippen LogP contribution >= 0.6 is 0 Å². The summed E-state index contributed by atoms with van der Waals surface area (Å²) in [6.45, 7) is 3.94. The molecule has 1 aliphatic heterocycles. The number of anilines is 2. The summed E-state index contributed by atoms with van der Waals surface area (Å²) in [5, 5.41) is 10.2. The summed E-state index contributed by atoms with van der Waals surface area (Å²) >= 11 is 0. The van der Waals surface area contributed by atoms with Crippen LogP contribution < -0.4 is 25.4 Å². The summed E-state index contributed by atoms with van der Waals surface area (Å²) in [5.41, 5.74) is 3.89. The van der Waals surface area contributed by atoms with E-state index in [1.54, 1.807) is 0 Å². The Morgan fingerprint density at radius 3 is 1.67 bits per heavy atom. The van der Waals surface area contributed by atoms with Gasteiger partial charge in [0, 0.05) is 13.1 Å². The van der Waals surface area contributed by atoms with E-state index < -0.39 is 0 Å². The molecule has 0 radical (unpaired) electrons. The molecule has 2 aromatic carbocycles. The number of ether oxygens (including phenoxy) is 2. The van der Waals surface area contributed by atoms with E-state index in [0.717, 1.165) is 47.4 Å². The third kappa shape index (κ3) is 5.85. The van der Waals surface area contributed by atoms with Gasteiger partial charge in [0.25, 0.3) is 0 Å². The zero-order valence-corrected chi connectivity index (χ0v) is 16.9. The minimum atomic E-state index is 0. The van der Waals surface area contributed by atoms with Crippen molar-refractivity contribution in [3.05, 3.63) is 78.1 Å². The smallest absolute Gasteiger partial charge is 0.142 e. The monoisotopic (exact) mass is 408 g/mol. The molecular weight excluding hydrogens is 380 g/mol. The molecule has 0 amide bonds. The Labute approximate surface area is 176 Å². The van der Waals surface area contributed by atoms with E-state index in [1.165, 1.54) is 0 Å². The molecule has 158 valence electrons. The number of hydrogen-bond acceptors (Lipinski definition) is 6. The molecule has 0 saturated carbocycles. The van der Waals surface area contributed by atoms with Crippen LogP contribution in [0.25, 0.3) is 0 Å². The highest BCUT2D eigenvalue weighted by Gasteiger charge is 2.07. The molecular formula is C23H28N4O3.